The summed E-state index contributed by atoms with van der Waals surface area (Å²) in [7, 11) is -5.87. The lowest BCUT2D eigenvalue weighted by molar-refractivity contribution is -0.136. The summed E-state index contributed by atoms with van der Waals surface area (Å²) in [5.74, 6) is 11.5. The van der Waals surface area contributed by atoms with E-state index in [-0.39, 0.29) is 40.5 Å². The van der Waals surface area contributed by atoms with Crippen LogP contribution in [0.5, 0.6) is 0 Å². The quantitative estimate of drug-likeness (QED) is 0.0668. The minimum absolute atomic E-state index is 0.0167. The summed E-state index contributed by atoms with van der Waals surface area (Å²) < 4.78 is 16.0. The van der Waals surface area contributed by atoms with Crippen molar-refractivity contribution >= 4 is 43.4 Å². The predicted molar refractivity (Wildman–Crippen MR) is 257 cm³/mol. The van der Waals surface area contributed by atoms with Gasteiger partial charge in [0.25, 0.3) is 16.6 Å². The van der Waals surface area contributed by atoms with Gasteiger partial charge in [-0.2, -0.15) is 0 Å². The first-order chi connectivity index (χ1) is 29.2. The number of hydrogen-bond donors (Lipinski definition) is 2. The van der Waals surface area contributed by atoms with Crippen molar-refractivity contribution in [2.75, 3.05) is 0 Å². The first-order valence-electron chi connectivity index (χ1n) is 22.0. The minimum atomic E-state index is -2.96. The number of allylic oxidation sites excluding steroid dienone is 2. The molecule has 0 aliphatic heterocycles. The molecule has 1 aliphatic carbocycles. The smallest absolute Gasteiger partial charge is 0.304 e. The molecule has 1 fully saturated rings. The highest BCUT2D eigenvalue weighted by molar-refractivity contribution is 7.00. The van der Waals surface area contributed by atoms with Crippen LogP contribution in [0.2, 0.25) is 10.1 Å². The van der Waals surface area contributed by atoms with E-state index in [0.29, 0.717) is 25.7 Å². The molecule has 2 N–H and O–H groups in total. The van der Waals surface area contributed by atoms with Gasteiger partial charge < -0.3 is 19.1 Å². The van der Waals surface area contributed by atoms with E-state index >= 15 is 0 Å². The van der Waals surface area contributed by atoms with Gasteiger partial charge in [-0.25, -0.2) is 0 Å². The SMILES string of the molecule is CC[C@H]1[C@@H](/C=C/[C@@H](O)CC#CC/C=C\CC#CCCC(=O)O)[C@H](O[Si](c2ccccc2)(c2ccccc2)C(C)(C)C)C[C@@H]1O[Si](c1ccccc1)(c1ccccc1)C(C)(C)C. The van der Waals surface area contributed by atoms with Crippen LogP contribution in [0.1, 0.15) is 93.4 Å². The normalized spacial score (nSPS) is 19.0. The Kier molecular flexibility index (Phi) is 17.0. The highest BCUT2D eigenvalue weighted by Gasteiger charge is 2.57. The molecule has 0 bridgehead atoms. The zero-order valence-corrected chi connectivity index (χ0v) is 39.3. The van der Waals surface area contributed by atoms with Crippen LogP contribution >= 0.6 is 0 Å². The summed E-state index contributed by atoms with van der Waals surface area (Å²) >= 11 is 0. The van der Waals surface area contributed by atoms with Crippen molar-refractivity contribution in [1.82, 2.24) is 0 Å². The predicted octanol–water partition coefficient (Wildman–Crippen LogP) is 9.44. The van der Waals surface area contributed by atoms with Crippen molar-refractivity contribution in [2.45, 2.75) is 122 Å². The van der Waals surface area contributed by atoms with Crippen LogP contribution in [-0.4, -0.2) is 51.1 Å². The second-order valence-corrected chi connectivity index (χ2v) is 26.7. The molecule has 0 heterocycles. The van der Waals surface area contributed by atoms with E-state index in [2.05, 4.69) is 200 Å². The lowest BCUT2D eigenvalue weighted by Crippen LogP contribution is -2.68. The van der Waals surface area contributed by atoms with Crippen LogP contribution in [0.4, 0.5) is 0 Å². The third kappa shape index (κ3) is 11.6. The number of aliphatic carboxylic acids is 1. The summed E-state index contributed by atoms with van der Waals surface area (Å²) in [5.41, 5.74) is 0. The van der Waals surface area contributed by atoms with E-state index in [1.54, 1.807) is 0 Å². The summed E-state index contributed by atoms with van der Waals surface area (Å²) in [6, 6.07) is 43.5. The molecule has 1 aliphatic rings. The fourth-order valence-corrected chi connectivity index (χ4v) is 18.6. The zero-order valence-electron chi connectivity index (χ0n) is 37.3. The number of hydrogen-bond acceptors (Lipinski definition) is 4. The van der Waals surface area contributed by atoms with Gasteiger partial charge in [-0.05, 0) is 43.2 Å². The Morgan fingerprint density at radius 2 is 1.08 bits per heavy atom. The third-order valence-corrected chi connectivity index (χ3v) is 22.1. The van der Waals surface area contributed by atoms with E-state index in [1.807, 2.05) is 18.2 Å². The molecule has 0 spiro atoms. The van der Waals surface area contributed by atoms with Crippen LogP contribution in [0.3, 0.4) is 0 Å². The maximum atomic E-state index is 11.4. The van der Waals surface area contributed by atoms with Gasteiger partial charge in [-0.15, -0.1) is 5.92 Å². The van der Waals surface area contributed by atoms with E-state index in [1.165, 1.54) is 20.7 Å². The lowest BCUT2D eigenvalue weighted by atomic mass is 9.90. The Morgan fingerprint density at radius 1 is 0.672 bits per heavy atom. The number of carboxylic acid groups (broad SMARTS) is 1. The largest absolute Gasteiger partial charge is 0.481 e. The first-order valence-corrected chi connectivity index (χ1v) is 25.8. The molecule has 0 saturated heterocycles. The molecule has 5 nitrogen and oxygen atoms in total. The molecule has 7 heteroatoms. The molecule has 0 unspecified atom stereocenters. The topological polar surface area (TPSA) is 76.0 Å². The maximum absolute atomic E-state index is 11.4. The molecule has 5 rings (SSSR count). The molecule has 0 radical (unpaired) electrons. The Bertz CT molecular complexity index is 2070. The van der Waals surface area contributed by atoms with E-state index in [9.17, 15) is 9.90 Å². The van der Waals surface area contributed by atoms with Gasteiger partial charge in [0.05, 0.1) is 24.7 Å². The third-order valence-electron chi connectivity index (χ3n) is 12.0. The monoisotopic (exact) mass is 850 g/mol. The second-order valence-electron chi connectivity index (χ2n) is 18.2. The summed E-state index contributed by atoms with van der Waals surface area (Å²) in [5, 5.41) is 24.8. The molecular weight excluding hydrogens is 785 g/mol. The van der Waals surface area contributed by atoms with Crippen LogP contribution < -0.4 is 20.7 Å². The number of aliphatic hydroxyl groups excluding tert-OH is 1. The van der Waals surface area contributed by atoms with E-state index < -0.39 is 28.7 Å². The minimum Gasteiger partial charge on any atom is -0.481 e. The van der Waals surface area contributed by atoms with Gasteiger partial charge >= 0.3 is 5.97 Å². The number of benzene rings is 4. The van der Waals surface area contributed by atoms with Gasteiger partial charge in [0.15, 0.2) is 0 Å². The molecule has 0 aromatic heterocycles. The van der Waals surface area contributed by atoms with Crippen molar-refractivity contribution in [2.24, 2.45) is 11.8 Å². The Morgan fingerprint density at radius 3 is 1.48 bits per heavy atom. The maximum Gasteiger partial charge on any atom is 0.304 e. The number of carbonyl (C=O) groups is 1. The highest BCUT2D eigenvalue weighted by atomic mass is 28.4. The molecule has 61 heavy (non-hydrogen) atoms. The lowest BCUT2D eigenvalue weighted by Gasteiger charge is -2.46. The highest BCUT2D eigenvalue weighted by Crippen LogP contribution is 2.47. The fourth-order valence-electron chi connectivity index (χ4n) is 9.17. The Hall–Kier alpha value is -4.74. The number of carboxylic acids is 1. The van der Waals surface area contributed by atoms with Crippen LogP contribution in [0.15, 0.2) is 146 Å². The average Bonchev–Trinajstić information content (AvgIpc) is 3.58. The van der Waals surface area contributed by atoms with Crippen molar-refractivity contribution in [3.05, 3.63) is 146 Å². The van der Waals surface area contributed by atoms with Gasteiger partial charge in [0, 0.05) is 31.6 Å². The van der Waals surface area contributed by atoms with Gasteiger partial charge in [0.2, 0.25) is 0 Å². The molecule has 5 atom stereocenters. The van der Waals surface area contributed by atoms with Crippen molar-refractivity contribution in [3.8, 4) is 23.7 Å². The van der Waals surface area contributed by atoms with Crippen LogP contribution in [0.25, 0.3) is 0 Å². The standard InChI is InChI=1S/C54H66O5Si2/c1-8-48-49(41-40-43(55)30-20-14-12-10-9-11-13-15-29-39-52(56)57)51(59-61(54(5,6)7,46-35-25-18-26-36-46)47-37-27-19-28-38-47)42-50(48)58-60(53(2,3)4,44-31-21-16-22-32-44)45-33-23-17-24-34-45/h9-10,16-19,21-28,31-38,40-41,43,48-51,55H,8,11-12,29-30,39,42H2,1-7H3,(H,56,57)/b10-9-,41-40+/t43-,48-,49+,50-,51+/m0/s1. The average molecular weight is 851 g/mol. The van der Waals surface area contributed by atoms with Crippen LogP contribution in [-0.2, 0) is 13.6 Å². The van der Waals surface area contributed by atoms with Crippen molar-refractivity contribution in [3.63, 3.8) is 0 Å². The summed E-state index contributed by atoms with van der Waals surface area (Å²) in [6.07, 6.45) is 10.5. The number of aliphatic hydroxyl groups is 1. The molecular formula is C54H66O5Si2. The number of rotatable bonds is 16. The first kappa shape index (κ1) is 47.3. The summed E-state index contributed by atoms with van der Waals surface area (Å²) in [4.78, 5) is 10.7. The Balaban J connectivity index is 1.53. The zero-order chi connectivity index (χ0) is 43.9. The van der Waals surface area contributed by atoms with E-state index in [4.69, 9.17) is 14.0 Å². The molecule has 320 valence electrons. The van der Waals surface area contributed by atoms with Crippen molar-refractivity contribution < 1.29 is 23.9 Å². The molecule has 0 amide bonds. The van der Waals surface area contributed by atoms with E-state index in [0.717, 1.165) is 12.8 Å². The molecule has 1 saturated carbocycles. The molecule has 4 aromatic carbocycles. The van der Waals surface area contributed by atoms with Crippen molar-refractivity contribution in [1.29, 1.82) is 0 Å². The van der Waals surface area contributed by atoms with Gasteiger partial charge in [-0.1, -0.05) is 218 Å². The fraction of sp³-hybridized carbons (Fsp3) is 0.389. The van der Waals surface area contributed by atoms with Crippen LogP contribution in [0, 0.1) is 35.5 Å². The Labute approximate surface area is 368 Å². The van der Waals surface area contributed by atoms with Gasteiger partial charge in [-0.3, -0.25) is 4.79 Å². The van der Waals surface area contributed by atoms with Gasteiger partial charge in [0.1, 0.15) is 0 Å². The summed E-state index contributed by atoms with van der Waals surface area (Å²) in [6.45, 7) is 16.3. The second kappa shape index (κ2) is 21.9. The molecule has 4 aromatic rings.